The SMILES string of the molecule is CC1(c2ccccc2)NC(=O)N(NC(=O)c2cccnc2)C1=O. The number of urea groups is 1. The van der Waals surface area contributed by atoms with E-state index in [4.69, 9.17) is 0 Å². The molecule has 116 valence electrons. The predicted octanol–water partition coefficient (Wildman–Crippen LogP) is 1.19. The monoisotopic (exact) mass is 310 g/mol. The molecular formula is C16H14N4O3. The van der Waals surface area contributed by atoms with Crippen molar-refractivity contribution in [2.45, 2.75) is 12.5 Å². The van der Waals surface area contributed by atoms with Crippen LogP contribution >= 0.6 is 0 Å². The number of hydrogen-bond acceptors (Lipinski definition) is 4. The quantitative estimate of drug-likeness (QED) is 0.833. The van der Waals surface area contributed by atoms with E-state index in [1.165, 1.54) is 18.5 Å². The molecule has 0 saturated carbocycles. The maximum Gasteiger partial charge on any atom is 0.344 e. The number of hydrogen-bond donors (Lipinski definition) is 2. The lowest BCUT2D eigenvalue weighted by Crippen LogP contribution is -2.47. The molecule has 0 spiro atoms. The lowest BCUT2D eigenvalue weighted by molar-refractivity contribution is -0.132. The molecule has 7 heteroatoms. The van der Waals surface area contributed by atoms with E-state index < -0.39 is 23.4 Å². The molecule has 1 aromatic heterocycles. The molecule has 7 nitrogen and oxygen atoms in total. The smallest absolute Gasteiger partial charge is 0.318 e. The number of benzene rings is 1. The highest BCUT2D eigenvalue weighted by atomic mass is 16.2. The molecule has 1 saturated heterocycles. The Morgan fingerprint density at radius 3 is 2.57 bits per heavy atom. The van der Waals surface area contributed by atoms with Crippen LogP contribution in [0.3, 0.4) is 0 Å². The van der Waals surface area contributed by atoms with Gasteiger partial charge in [-0.1, -0.05) is 30.3 Å². The molecule has 1 unspecified atom stereocenters. The number of aromatic nitrogens is 1. The van der Waals surface area contributed by atoms with Crippen LogP contribution in [0.5, 0.6) is 0 Å². The molecule has 3 rings (SSSR count). The van der Waals surface area contributed by atoms with Crippen LogP contribution < -0.4 is 10.7 Å². The van der Waals surface area contributed by atoms with Crippen LogP contribution in [0.4, 0.5) is 4.79 Å². The number of carbonyl (C=O) groups is 3. The number of amides is 4. The van der Waals surface area contributed by atoms with E-state index >= 15 is 0 Å². The second-order valence-corrected chi connectivity index (χ2v) is 5.24. The van der Waals surface area contributed by atoms with E-state index in [9.17, 15) is 14.4 Å². The molecule has 1 fully saturated rings. The number of rotatable bonds is 3. The van der Waals surface area contributed by atoms with Gasteiger partial charge in [-0.3, -0.25) is 20.0 Å². The van der Waals surface area contributed by atoms with Gasteiger partial charge in [-0.25, -0.2) is 4.79 Å². The first kappa shape index (κ1) is 14.7. The Hall–Kier alpha value is -3.22. The minimum absolute atomic E-state index is 0.251. The van der Waals surface area contributed by atoms with Gasteiger partial charge >= 0.3 is 6.03 Å². The maximum absolute atomic E-state index is 12.6. The van der Waals surface area contributed by atoms with E-state index in [1.54, 1.807) is 37.3 Å². The summed E-state index contributed by atoms with van der Waals surface area (Å²) >= 11 is 0. The van der Waals surface area contributed by atoms with Crippen LogP contribution in [-0.4, -0.2) is 27.8 Å². The number of hydrazine groups is 1. The lowest BCUT2D eigenvalue weighted by Gasteiger charge is -2.22. The summed E-state index contributed by atoms with van der Waals surface area (Å²) in [6, 6.07) is 11.3. The maximum atomic E-state index is 12.6. The number of carbonyl (C=O) groups excluding carboxylic acids is 3. The van der Waals surface area contributed by atoms with Crippen molar-refractivity contribution in [3.05, 3.63) is 66.0 Å². The Bertz CT molecular complexity index is 763. The van der Waals surface area contributed by atoms with Gasteiger partial charge in [-0.05, 0) is 24.6 Å². The van der Waals surface area contributed by atoms with Gasteiger partial charge in [0.25, 0.3) is 11.8 Å². The number of imide groups is 1. The second kappa shape index (κ2) is 5.53. The fourth-order valence-corrected chi connectivity index (χ4v) is 2.37. The van der Waals surface area contributed by atoms with Gasteiger partial charge in [0.2, 0.25) is 0 Å². The fourth-order valence-electron chi connectivity index (χ4n) is 2.37. The number of nitrogens with one attached hydrogen (secondary N) is 2. The van der Waals surface area contributed by atoms with E-state index in [1.807, 2.05) is 6.07 Å². The van der Waals surface area contributed by atoms with Gasteiger partial charge in [0.05, 0.1) is 5.56 Å². The molecule has 2 heterocycles. The third-order valence-corrected chi connectivity index (χ3v) is 3.68. The average molecular weight is 310 g/mol. The first-order chi connectivity index (χ1) is 11.0. The Kier molecular flexibility index (Phi) is 3.53. The normalized spacial score (nSPS) is 20.3. The van der Waals surface area contributed by atoms with Crippen molar-refractivity contribution >= 4 is 17.8 Å². The van der Waals surface area contributed by atoms with E-state index in [-0.39, 0.29) is 5.56 Å². The highest BCUT2D eigenvalue weighted by molar-refractivity contribution is 6.09. The summed E-state index contributed by atoms with van der Waals surface area (Å²) in [6.45, 7) is 1.60. The summed E-state index contributed by atoms with van der Waals surface area (Å²) in [6.07, 6.45) is 2.88. The van der Waals surface area contributed by atoms with Gasteiger partial charge in [-0.15, -0.1) is 0 Å². The van der Waals surface area contributed by atoms with Crippen molar-refractivity contribution in [3.63, 3.8) is 0 Å². The standard InChI is InChI=1S/C16H14N4O3/c1-16(12-7-3-2-4-8-12)14(22)20(15(23)18-16)19-13(21)11-6-5-9-17-10-11/h2-10H,1H3,(H,18,23)(H,19,21). The van der Waals surface area contributed by atoms with Crippen molar-refractivity contribution in [2.24, 2.45) is 0 Å². The second-order valence-electron chi connectivity index (χ2n) is 5.24. The molecule has 2 N–H and O–H groups in total. The Morgan fingerprint density at radius 2 is 1.91 bits per heavy atom. The molecule has 1 aliphatic heterocycles. The average Bonchev–Trinajstić information content (AvgIpc) is 2.81. The third-order valence-electron chi connectivity index (χ3n) is 3.68. The Morgan fingerprint density at radius 1 is 1.17 bits per heavy atom. The first-order valence-electron chi connectivity index (χ1n) is 6.95. The highest BCUT2D eigenvalue weighted by Gasteiger charge is 2.50. The number of nitrogens with zero attached hydrogens (tertiary/aromatic N) is 2. The lowest BCUT2D eigenvalue weighted by atomic mass is 9.92. The number of pyridine rings is 1. The van der Waals surface area contributed by atoms with Gasteiger partial charge in [-0.2, -0.15) is 5.01 Å². The van der Waals surface area contributed by atoms with Crippen LogP contribution in [0.25, 0.3) is 0 Å². The van der Waals surface area contributed by atoms with Crippen LogP contribution in [0, 0.1) is 0 Å². The third kappa shape index (κ3) is 2.52. The van der Waals surface area contributed by atoms with Crippen molar-refractivity contribution in [1.29, 1.82) is 0 Å². The summed E-state index contributed by atoms with van der Waals surface area (Å²) in [7, 11) is 0. The van der Waals surface area contributed by atoms with Crippen molar-refractivity contribution < 1.29 is 14.4 Å². The molecule has 2 aromatic rings. The van der Waals surface area contributed by atoms with Crippen molar-refractivity contribution in [2.75, 3.05) is 0 Å². The summed E-state index contributed by atoms with van der Waals surface area (Å²) in [5.74, 6) is -1.13. The van der Waals surface area contributed by atoms with Crippen molar-refractivity contribution in [1.82, 2.24) is 20.7 Å². The Labute approximate surface area is 132 Å². The summed E-state index contributed by atoms with van der Waals surface area (Å²) < 4.78 is 0. The first-order valence-corrected chi connectivity index (χ1v) is 6.95. The zero-order valence-electron chi connectivity index (χ0n) is 12.3. The van der Waals surface area contributed by atoms with E-state index in [0.717, 1.165) is 0 Å². The molecule has 0 aliphatic carbocycles. The highest BCUT2D eigenvalue weighted by Crippen LogP contribution is 2.27. The van der Waals surface area contributed by atoms with Gasteiger partial charge in [0.15, 0.2) is 0 Å². The van der Waals surface area contributed by atoms with Gasteiger partial charge < -0.3 is 5.32 Å². The topological polar surface area (TPSA) is 91.4 Å². The van der Waals surface area contributed by atoms with Crippen LogP contribution in [0.15, 0.2) is 54.9 Å². The zero-order chi connectivity index (χ0) is 16.4. The van der Waals surface area contributed by atoms with Crippen molar-refractivity contribution in [3.8, 4) is 0 Å². The summed E-state index contributed by atoms with van der Waals surface area (Å²) in [5.41, 5.74) is 1.98. The van der Waals surface area contributed by atoms with Gasteiger partial charge in [0.1, 0.15) is 5.54 Å². The fraction of sp³-hybridized carbons (Fsp3) is 0.125. The molecule has 0 bridgehead atoms. The Balaban J connectivity index is 1.84. The molecule has 1 aromatic carbocycles. The van der Waals surface area contributed by atoms with Crippen LogP contribution in [0.2, 0.25) is 0 Å². The summed E-state index contributed by atoms with van der Waals surface area (Å²) in [5, 5.41) is 3.31. The zero-order valence-corrected chi connectivity index (χ0v) is 12.3. The molecule has 23 heavy (non-hydrogen) atoms. The molecule has 4 amide bonds. The molecule has 1 atom stereocenters. The minimum Gasteiger partial charge on any atom is -0.318 e. The summed E-state index contributed by atoms with van der Waals surface area (Å²) in [4.78, 5) is 40.7. The van der Waals surface area contributed by atoms with E-state index in [0.29, 0.717) is 10.6 Å². The van der Waals surface area contributed by atoms with Gasteiger partial charge in [0, 0.05) is 12.4 Å². The minimum atomic E-state index is -1.22. The largest absolute Gasteiger partial charge is 0.344 e. The van der Waals surface area contributed by atoms with Crippen LogP contribution in [0.1, 0.15) is 22.8 Å². The molecule has 0 radical (unpaired) electrons. The molecule has 1 aliphatic rings. The predicted molar refractivity (Wildman–Crippen MR) is 80.9 cm³/mol. The van der Waals surface area contributed by atoms with E-state index in [2.05, 4.69) is 15.7 Å². The van der Waals surface area contributed by atoms with Crippen LogP contribution in [-0.2, 0) is 10.3 Å². The molecular weight excluding hydrogens is 296 g/mol.